The van der Waals surface area contributed by atoms with E-state index in [2.05, 4.69) is 40.8 Å². The minimum absolute atomic E-state index is 0.0241. The highest BCUT2D eigenvalue weighted by atomic mass is 79.9. The van der Waals surface area contributed by atoms with Crippen LogP contribution in [0, 0.1) is 5.92 Å². The van der Waals surface area contributed by atoms with Gasteiger partial charge >= 0.3 is 0 Å². The first-order valence-corrected chi connectivity index (χ1v) is 9.03. The monoisotopic (exact) mass is 392 g/mol. The lowest BCUT2D eigenvalue weighted by atomic mass is 9.88. The molecule has 2 N–H and O–H groups in total. The Bertz CT molecular complexity index is 550. The summed E-state index contributed by atoms with van der Waals surface area (Å²) in [6, 6.07) is 0.177. The molecule has 0 bridgehead atoms. The molecule has 0 saturated heterocycles. The number of aliphatic hydroxyl groups excluding tert-OH is 1. The topological polar surface area (TPSA) is 63.5 Å². The van der Waals surface area contributed by atoms with Crippen molar-refractivity contribution in [1.82, 2.24) is 9.88 Å². The fourth-order valence-electron chi connectivity index (χ4n) is 2.70. The molecule has 2 heterocycles. The zero-order valence-electron chi connectivity index (χ0n) is 13.5. The highest BCUT2D eigenvalue weighted by molar-refractivity contribution is 9.10. The predicted molar refractivity (Wildman–Crippen MR) is 96.1 cm³/mol. The Balaban J connectivity index is 0.00000116. The van der Waals surface area contributed by atoms with Crippen LogP contribution in [0.25, 0.3) is 0 Å². The molecule has 3 unspecified atom stereocenters. The number of halogens is 1. The Labute approximate surface area is 145 Å². The SMILES string of the molecule is CCCNC1Cn2cc(Br)c(=O)c(OC)c2C(O)C1C.CS. The van der Waals surface area contributed by atoms with Crippen LogP contribution < -0.4 is 15.5 Å². The number of pyridine rings is 1. The number of hydrogen-bond acceptors (Lipinski definition) is 5. The number of aromatic nitrogens is 1. The van der Waals surface area contributed by atoms with E-state index in [4.69, 9.17) is 4.74 Å². The lowest BCUT2D eigenvalue weighted by Crippen LogP contribution is -2.46. The van der Waals surface area contributed by atoms with Crippen LogP contribution in [0.5, 0.6) is 5.75 Å². The molecule has 0 amide bonds. The number of rotatable bonds is 4. The summed E-state index contributed by atoms with van der Waals surface area (Å²) in [6.07, 6.45) is 3.76. The van der Waals surface area contributed by atoms with Gasteiger partial charge in [0.1, 0.15) is 6.10 Å². The van der Waals surface area contributed by atoms with E-state index >= 15 is 0 Å². The molecule has 0 spiro atoms. The third-order valence-corrected chi connectivity index (χ3v) is 4.47. The normalized spacial score (nSPS) is 23.3. The van der Waals surface area contributed by atoms with Gasteiger partial charge in [-0.15, -0.1) is 0 Å². The summed E-state index contributed by atoms with van der Waals surface area (Å²) in [5.74, 6) is 0.253. The summed E-state index contributed by atoms with van der Waals surface area (Å²) in [5.41, 5.74) is 0.354. The van der Waals surface area contributed by atoms with Gasteiger partial charge in [-0.25, -0.2) is 0 Å². The highest BCUT2D eigenvalue weighted by Crippen LogP contribution is 2.35. The molecule has 1 aliphatic heterocycles. The van der Waals surface area contributed by atoms with Gasteiger partial charge in [0.05, 0.1) is 17.3 Å². The fraction of sp³-hybridized carbons (Fsp3) is 0.667. The molecule has 1 aromatic heterocycles. The molecule has 0 fully saturated rings. The summed E-state index contributed by atoms with van der Waals surface area (Å²) in [5, 5.41) is 14.0. The zero-order chi connectivity index (χ0) is 16.9. The van der Waals surface area contributed by atoms with Crippen LogP contribution in [0.2, 0.25) is 0 Å². The Morgan fingerprint density at radius 2 is 2.18 bits per heavy atom. The van der Waals surface area contributed by atoms with Crippen LogP contribution in [0.15, 0.2) is 15.5 Å². The molecule has 2 rings (SSSR count). The van der Waals surface area contributed by atoms with E-state index in [1.54, 1.807) is 12.5 Å². The van der Waals surface area contributed by atoms with Gasteiger partial charge in [0.25, 0.3) is 0 Å². The minimum atomic E-state index is -0.714. The van der Waals surface area contributed by atoms with Crippen molar-refractivity contribution in [3.63, 3.8) is 0 Å². The van der Waals surface area contributed by atoms with Crippen molar-refractivity contribution in [2.75, 3.05) is 19.9 Å². The fourth-order valence-corrected chi connectivity index (χ4v) is 3.13. The first-order valence-electron chi connectivity index (χ1n) is 7.34. The summed E-state index contributed by atoms with van der Waals surface area (Å²) in [6.45, 7) is 5.73. The van der Waals surface area contributed by atoms with Crippen LogP contribution in [0.1, 0.15) is 32.1 Å². The van der Waals surface area contributed by atoms with E-state index in [9.17, 15) is 9.90 Å². The van der Waals surface area contributed by atoms with E-state index in [0.717, 1.165) is 13.0 Å². The first-order chi connectivity index (χ1) is 10.5. The molecule has 0 aliphatic carbocycles. The highest BCUT2D eigenvalue weighted by Gasteiger charge is 2.35. The average Bonchev–Trinajstić information content (AvgIpc) is 2.53. The molecular formula is C15H25BrN2O3S. The second-order valence-electron chi connectivity index (χ2n) is 5.24. The van der Waals surface area contributed by atoms with Crippen LogP contribution in [0.4, 0.5) is 0 Å². The van der Waals surface area contributed by atoms with Crippen LogP contribution in [0.3, 0.4) is 0 Å². The number of hydrogen-bond donors (Lipinski definition) is 3. The lowest BCUT2D eigenvalue weighted by Gasteiger charge is -2.37. The number of ether oxygens (including phenoxy) is 1. The Kier molecular flexibility index (Phi) is 7.96. The largest absolute Gasteiger partial charge is 0.491 e. The number of fused-ring (bicyclic) bond motifs is 1. The molecule has 1 aliphatic rings. The van der Waals surface area contributed by atoms with Gasteiger partial charge in [-0.2, -0.15) is 12.6 Å². The Hall–Kier alpha value is -0.500. The van der Waals surface area contributed by atoms with Crippen molar-refractivity contribution >= 4 is 28.6 Å². The van der Waals surface area contributed by atoms with Gasteiger partial charge < -0.3 is 19.7 Å². The van der Waals surface area contributed by atoms with Crippen molar-refractivity contribution in [3.05, 3.63) is 26.6 Å². The molecule has 0 aromatic carbocycles. The number of methoxy groups -OCH3 is 1. The standard InChI is InChI=1S/C14H21BrN2O3.CH4S/c1-4-5-16-10-7-17-6-9(15)13(19)14(20-3)11(17)12(18)8(10)2;1-2/h6,8,10,12,16,18H,4-5,7H2,1-3H3;2H,1H3. The smallest absolute Gasteiger partial charge is 0.237 e. The molecule has 1 aromatic rings. The molecule has 0 radical (unpaired) electrons. The first kappa shape index (κ1) is 19.5. The van der Waals surface area contributed by atoms with Gasteiger partial charge in [0.2, 0.25) is 5.43 Å². The Morgan fingerprint density at radius 1 is 1.55 bits per heavy atom. The zero-order valence-corrected chi connectivity index (χ0v) is 15.9. The molecular weight excluding hydrogens is 368 g/mol. The number of thiol groups is 1. The van der Waals surface area contributed by atoms with E-state index < -0.39 is 6.10 Å². The molecule has 0 saturated carbocycles. The third-order valence-electron chi connectivity index (χ3n) is 3.90. The quantitative estimate of drug-likeness (QED) is 0.687. The van der Waals surface area contributed by atoms with Gasteiger partial charge in [-0.1, -0.05) is 13.8 Å². The maximum atomic E-state index is 12.1. The predicted octanol–water partition coefficient (Wildman–Crippen LogP) is 2.22. The molecule has 7 heteroatoms. The number of nitrogens with zero attached hydrogens (tertiary/aromatic N) is 1. The molecule has 5 nitrogen and oxygen atoms in total. The maximum Gasteiger partial charge on any atom is 0.237 e. The van der Waals surface area contributed by atoms with Crippen molar-refractivity contribution < 1.29 is 9.84 Å². The van der Waals surface area contributed by atoms with Crippen LogP contribution >= 0.6 is 28.6 Å². The van der Waals surface area contributed by atoms with Crippen molar-refractivity contribution in [2.24, 2.45) is 5.92 Å². The van der Waals surface area contributed by atoms with E-state index in [1.807, 2.05) is 11.5 Å². The summed E-state index contributed by atoms with van der Waals surface area (Å²) in [4.78, 5) is 12.1. The summed E-state index contributed by atoms with van der Waals surface area (Å²) >= 11 is 6.79. The van der Waals surface area contributed by atoms with Gasteiger partial charge in [-0.05, 0) is 35.2 Å². The number of aliphatic hydroxyl groups is 1. The van der Waals surface area contributed by atoms with Crippen molar-refractivity contribution in [1.29, 1.82) is 0 Å². The van der Waals surface area contributed by atoms with E-state index in [1.165, 1.54) is 7.11 Å². The molecule has 126 valence electrons. The van der Waals surface area contributed by atoms with E-state index in [0.29, 0.717) is 16.7 Å². The van der Waals surface area contributed by atoms with Gasteiger partial charge in [0.15, 0.2) is 5.75 Å². The van der Waals surface area contributed by atoms with Crippen molar-refractivity contribution in [2.45, 2.75) is 39.0 Å². The van der Waals surface area contributed by atoms with Gasteiger partial charge in [-0.3, -0.25) is 4.79 Å². The lowest BCUT2D eigenvalue weighted by molar-refractivity contribution is 0.0584. The number of nitrogens with one attached hydrogen (secondary N) is 1. The van der Waals surface area contributed by atoms with Crippen LogP contribution in [-0.4, -0.2) is 35.6 Å². The van der Waals surface area contributed by atoms with Crippen LogP contribution in [-0.2, 0) is 6.54 Å². The van der Waals surface area contributed by atoms with E-state index in [-0.39, 0.29) is 23.1 Å². The minimum Gasteiger partial charge on any atom is -0.491 e. The third kappa shape index (κ3) is 3.88. The molecule has 22 heavy (non-hydrogen) atoms. The Morgan fingerprint density at radius 3 is 2.73 bits per heavy atom. The second-order valence-corrected chi connectivity index (χ2v) is 6.10. The summed E-state index contributed by atoms with van der Waals surface area (Å²) in [7, 11) is 1.46. The maximum absolute atomic E-state index is 12.1. The van der Waals surface area contributed by atoms with Gasteiger partial charge in [0, 0.05) is 24.7 Å². The van der Waals surface area contributed by atoms with Crippen molar-refractivity contribution in [3.8, 4) is 5.75 Å². The second kappa shape index (κ2) is 8.96. The average molecular weight is 393 g/mol. The summed E-state index contributed by atoms with van der Waals surface area (Å²) < 4.78 is 7.57. The molecule has 3 atom stereocenters.